The Morgan fingerprint density at radius 1 is 0.196 bits per heavy atom. The highest BCUT2D eigenvalue weighted by atomic mass is 15.1. The van der Waals surface area contributed by atoms with Crippen molar-refractivity contribution in [1.82, 2.24) is 56.8 Å². The number of para-hydroxylation sites is 9. The number of nitrogens with zero attached hydrogens (tertiary/aromatic N) is 13. The van der Waals surface area contributed by atoms with E-state index in [9.17, 15) is 0 Å². The summed E-state index contributed by atoms with van der Waals surface area (Å²) >= 11 is 0. The molecule has 13 heteroatoms. The molecule has 2 aliphatic rings. The summed E-state index contributed by atoms with van der Waals surface area (Å²) in [6, 6.07) is 139. The summed E-state index contributed by atoms with van der Waals surface area (Å²) in [7, 11) is 0. The summed E-state index contributed by atoms with van der Waals surface area (Å²) in [6.45, 7) is 7.75. The van der Waals surface area contributed by atoms with Gasteiger partial charge in [-0.2, -0.15) is 0 Å². The number of benzene rings is 21. The Hall–Kier alpha value is -19.0. The van der Waals surface area contributed by atoms with Crippen molar-refractivity contribution in [3.05, 3.63) is 406 Å². The van der Waals surface area contributed by atoms with Crippen LogP contribution >= 0.6 is 0 Å². The zero-order valence-electron chi connectivity index (χ0n) is 73.3. The molecular formula is C125H65N13. The number of hydrogen-bond acceptors (Lipinski definition) is 6. The minimum atomic E-state index is 0.147. The molecular weight excluding hydrogens is 1680 g/mol. The highest BCUT2D eigenvalue weighted by Gasteiger charge is 2.34. The fourth-order valence-electron chi connectivity index (χ4n) is 25.2. The van der Waals surface area contributed by atoms with E-state index in [4.69, 9.17) is 31.5 Å². The summed E-state index contributed by atoms with van der Waals surface area (Å²) in [5, 5.41) is 36.1. The predicted octanol–water partition coefficient (Wildman–Crippen LogP) is 32.1. The second-order valence-electron chi connectivity index (χ2n) is 37.3. The third-order valence-electron chi connectivity index (χ3n) is 30.6. The molecule has 138 heavy (non-hydrogen) atoms. The molecule has 33 aromatic rings. The fourth-order valence-corrected chi connectivity index (χ4v) is 25.2. The zero-order valence-corrected chi connectivity index (χ0v) is 73.3. The van der Waals surface area contributed by atoms with Crippen molar-refractivity contribution in [2.75, 3.05) is 0 Å². The van der Waals surface area contributed by atoms with Crippen molar-refractivity contribution in [3.8, 4) is 62.2 Å². The first-order valence-corrected chi connectivity index (χ1v) is 46.9. The Labute approximate surface area is 781 Å². The molecule has 0 radical (unpaired) electrons. The van der Waals surface area contributed by atoms with Gasteiger partial charge in [0.05, 0.1) is 133 Å². The maximum Gasteiger partial charge on any atom is 0.374 e. The van der Waals surface area contributed by atoms with Gasteiger partial charge in [-0.15, -0.1) is 16.5 Å². The minimum Gasteiger partial charge on any atom is -0.394 e. The van der Waals surface area contributed by atoms with Crippen LogP contribution in [0.15, 0.2) is 395 Å². The third-order valence-corrected chi connectivity index (χ3v) is 30.6. The summed E-state index contributed by atoms with van der Waals surface area (Å²) in [5.41, 5.74) is 31.7. The van der Waals surface area contributed by atoms with E-state index >= 15 is 0 Å². The van der Waals surface area contributed by atoms with Crippen molar-refractivity contribution in [3.63, 3.8) is 0 Å². The van der Waals surface area contributed by atoms with Crippen molar-refractivity contribution >= 4 is 261 Å². The molecule has 0 saturated heterocycles. The molecule has 0 bridgehead atoms. The predicted molar refractivity (Wildman–Crippen MR) is 571 cm³/mol. The average Bonchev–Trinajstić information content (AvgIpc) is 1.50. The first-order chi connectivity index (χ1) is 68.5. The van der Waals surface area contributed by atoms with Crippen LogP contribution in [-0.2, 0) is 0 Å². The summed E-state index contributed by atoms with van der Waals surface area (Å²) in [4.78, 5) is 32.8. The molecule has 0 saturated carbocycles. The molecule has 0 atom stereocenters. The van der Waals surface area contributed by atoms with Crippen LogP contribution in [0.4, 0.5) is 5.95 Å². The molecule has 0 spiro atoms. The summed E-state index contributed by atoms with van der Waals surface area (Å²) < 4.78 is 14.7. The van der Waals surface area contributed by atoms with Crippen molar-refractivity contribution in [2.45, 2.75) is 0 Å². The van der Waals surface area contributed by atoms with E-state index in [1.807, 2.05) is 36.4 Å². The van der Waals surface area contributed by atoms with Gasteiger partial charge in [0.25, 0.3) is 0 Å². The van der Waals surface area contributed by atoms with E-state index in [-0.39, 0.29) is 5.95 Å². The third kappa shape index (κ3) is 9.22. The van der Waals surface area contributed by atoms with E-state index in [1.165, 1.54) is 229 Å². The Kier molecular flexibility index (Phi) is 13.8. The van der Waals surface area contributed by atoms with E-state index in [0.29, 0.717) is 0 Å². The van der Waals surface area contributed by atoms with Crippen LogP contribution in [0.5, 0.6) is 0 Å². The van der Waals surface area contributed by atoms with Gasteiger partial charge in [-0.25, -0.2) is 9.97 Å². The molecule has 630 valence electrons. The topological polar surface area (TPSA) is 110 Å². The monoisotopic (exact) mass is 1750 g/mol. The molecule has 12 aromatic heterocycles. The maximum atomic E-state index is 7.75. The normalized spacial score (nSPS) is 12.6. The SMILES string of the molecule is [C-]#[N+]c1nc(-n2c3ccccc3c3c4c5cc6ccccc6cc5n5c6ccccc6c(cc32)c45)c2ccccc2n1.c1ccc2cc3c(cc2c1)c1c2c4ccccc4n(-c4ccc5c6c(cccc46)-c4nc6ccccc6nc4-5)c2cc2c4ccccc4n3c21.c1ccc2cc3c(cc2c1)c1c2c4ccccc4n(-c4ccc5c6c(cccc46)-c4nccnc4-5)c2cc2c4ccccc4n3c21. The zero-order chi connectivity index (χ0) is 89.4. The van der Waals surface area contributed by atoms with Crippen LogP contribution in [0, 0.1) is 6.57 Å². The van der Waals surface area contributed by atoms with E-state index in [2.05, 4.69) is 383 Å². The number of rotatable bonds is 3. The lowest BCUT2D eigenvalue weighted by Gasteiger charge is -2.13. The maximum absolute atomic E-state index is 7.75. The Morgan fingerprint density at radius 2 is 0.514 bits per heavy atom. The summed E-state index contributed by atoms with van der Waals surface area (Å²) in [5.74, 6) is 0.874. The van der Waals surface area contributed by atoms with Crippen LogP contribution in [0.2, 0.25) is 0 Å². The molecule has 12 heterocycles. The lowest BCUT2D eigenvalue weighted by Crippen LogP contribution is -2.00. The van der Waals surface area contributed by atoms with Crippen molar-refractivity contribution < 1.29 is 0 Å². The van der Waals surface area contributed by atoms with E-state index < -0.39 is 0 Å². The molecule has 2 aliphatic carbocycles. The molecule has 13 nitrogen and oxygen atoms in total. The smallest absolute Gasteiger partial charge is 0.374 e. The first kappa shape index (κ1) is 72.6. The number of hydrogen-bond donors (Lipinski definition) is 0. The lowest BCUT2D eigenvalue weighted by atomic mass is 10.00. The molecule has 35 rings (SSSR count). The van der Waals surface area contributed by atoms with Gasteiger partial charge in [0.15, 0.2) is 0 Å². The largest absolute Gasteiger partial charge is 0.394 e. The number of fused-ring (bicyclic) bond motifs is 41. The van der Waals surface area contributed by atoms with E-state index in [0.717, 1.165) is 89.2 Å². The van der Waals surface area contributed by atoms with Gasteiger partial charge >= 0.3 is 5.95 Å². The van der Waals surface area contributed by atoms with Crippen LogP contribution < -0.4 is 0 Å². The molecule has 0 amide bonds. The highest BCUT2D eigenvalue weighted by molar-refractivity contribution is 6.41. The van der Waals surface area contributed by atoms with Gasteiger partial charge < -0.3 is 27.2 Å². The molecule has 0 N–H and O–H groups in total. The second kappa shape index (κ2) is 26.2. The highest BCUT2D eigenvalue weighted by Crippen LogP contribution is 2.56. The molecule has 0 aliphatic heterocycles. The second-order valence-corrected chi connectivity index (χ2v) is 37.3. The Bertz CT molecular complexity index is 11400. The van der Waals surface area contributed by atoms with Gasteiger partial charge in [0.1, 0.15) is 5.52 Å². The average molecular weight is 1750 g/mol. The standard InChI is InChI=1S/C46H24N4.C42H22N4.C37H19N5/c1-2-11-26-23-39-33(22-25(26)10-1)43-42-29-13-4-8-19-37(29)49(40(42)24-32-27-12-3-7-18-36(27)50(39)46(32)43)38-21-20-31-41-28(38)14-9-15-30(41)44-45(31)48-35-17-6-5-16-34(35)47-44;1-2-9-24-21-35-31(20-23(24)8-1)39-38-27-11-4-6-15-33(27)45(36(38)22-30-25-10-3-5-14-32(25)46(35)42(30)39)34-17-16-29-37-26(34)12-7-13-28(37)40-41(29)44-19-18-43-40;1-38-37-39-28-15-7-4-13-24(28)36(40-37)42-30-17-9-6-14-25(30)33-32(42)20-26-23-12-5-8-16-29(23)41-31-19-22-11-3-2-10-21(22)18-27(31)34(33)35(26)41/h1-24H;1-22H;2-20H. The first-order valence-electron chi connectivity index (χ1n) is 46.9. The van der Waals surface area contributed by atoms with Gasteiger partial charge in [0.2, 0.25) is 5.82 Å². The van der Waals surface area contributed by atoms with Crippen molar-refractivity contribution in [2.24, 2.45) is 0 Å². The van der Waals surface area contributed by atoms with Crippen LogP contribution in [0.3, 0.4) is 0 Å². The minimum absolute atomic E-state index is 0.147. The Morgan fingerprint density at radius 3 is 0.928 bits per heavy atom. The van der Waals surface area contributed by atoms with Gasteiger partial charge in [-0.1, -0.05) is 243 Å². The van der Waals surface area contributed by atoms with Crippen molar-refractivity contribution in [1.29, 1.82) is 0 Å². The van der Waals surface area contributed by atoms with Crippen LogP contribution in [-0.4, -0.2) is 56.8 Å². The van der Waals surface area contributed by atoms with Gasteiger partial charge in [-0.05, 0) is 172 Å². The fraction of sp³-hybridized carbons (Fsp3) is 0. The van der Waals surface area contributed by atoms with Gasteiger partial charge in [-0.3, -0.25) is 14.5 Å². The molecule has 21 aromatic carbocycles. The van der Waals surface area contributed by atoms with Crippen LogP contribution in [0.1, 0.15) is 0 Å². The van der Waals surface area contributed by atoms with Gasteiger partial charge in [0, 0.05) is 153 Å². The van der Waals surface area contributed by atoms with E-state index in [1.54, 1.807) is 12.4 Å². The lowest BCUT2D eigenvalue weighted by molar-refractivity contribution is 1.09. The quantitative estimate of drug-likeness (QED) is 0.163. The molecule has 0 unspecified atom stereocenters. The Balaban J connectivity index is 0.0000000928. The van der Waals surface area contributed by atoms with Crippen LogP contribution in [0.25, 0.3) is 323 Å². The molecule has 0 fully saturated rings. The number of aromatic nitrogens is 12. The summed E-state index contributed by atoms with van der Waals surface area (Å²) in [6.07, 6.45) is 3.59.